The summed E-state index contributed by atoms with van der Waals surface area (Å²) in [7, 11) is 5.12. The molecule has 0 fully saturated rings. The first-order valence-corrected chi connectivity index (χ1v) is 13.8. The third kappa shape index (κ3) is 7.92. The van der Waals surface area contributed by atoms with Crippen LogP contribution in [0.25, 0.3) is 6.08 Å². The number of ether oxygens (including phenoxy) is 6. The predicted molar refractivity (Wildman–Crippen MR) is 155 cm³/mol. The van der Waals surface area contributed by atoms with E-state index in [0.717, 1.165) is 5.41 Å². The van der Waals surface area contributed by atoms with Crippen LogP contribution in [0.4, 0.5) is 5.69 Å². The van der Waals surface area contributed by atoms with Crippen LogP contribution in [0, 0.1) is 0 Å². The topological polar surface area (TPSA) is 132 Å². The second-order valence-corrected chi connectivity index (χ2v) is 10.3. The van der Waals surface area contributed by atoms with Gasteiger partial charge in [-0.25, -0.2) is 13.4 Å². The van der Waals surface area contributed by atoms with Crippen molar-refractivity contribution < 1.29 is 41.6 Å². The number of benzene rings is 2. The van der Waals surface area contributed by atoms with Crippen molar-refractivity contribution in [2.24, 2.45) is 0 Å². The number of ketones is 1. The van der Waals surface area contributed by atoms with E-state index in [4.69, 9.17) is 28.4 Å². The molecule has 0 aliphatic rings. The Balaban J connectivity index is 1.78. The highest BCUT2D eigenvalue weighted by Crippen LogP contribution is 2.35. The number of anilines is 1. The maximum absolute atomic E-state index is 13.0. The molecule has 0 bridgehead atoms. The first kappa shape index (κ1) is 30.8. The van der Waals surface area contributed by atoms with Gasteiger partial charge in [-0.05, 0) is 35.9 Å². The van der Waals surface area contributed by atoms with Gasteiger partial charge in [-0.15, -0.1) is 0 Å². The lowest BCUT2D eigenvalue weighted by molar-refractivity contribution is 0.104. The lowest BCUT2D eigenvalue weighted by Crippen LogP contribution is -2.04. The van der Waals surface area contributed by atoms with Crippen LogP contribution in [-0.2, 0) is 15.6 Å². The van der Waals surface area contributed by atoms with Crippen LogP contribution >= 0.6 is 0 Å². The van der Waals surface area contributed by atoms with Crippen LogP contribution in [0.2, 0.25) is 0 Å². The number of hydrogen-bond donors (Lipinski definition) is 1. The molecule has 0 aliphatic heterocycles. The molecular weight excluding hydrogens is 552 g/mol. The van der Waals surface area contributed by atoms with Crippen molar-refractivity contribution in [1.29, 1.82) is 0 Å². The summed E-state index contributed by atoms with van der Waals surface area (Å²) in [6, 6.07) is 9.67. The SMILES string of the molecule is COc1cc(OC)c(/C=C/S(=O)(=O)Cc2cnc(OC)c(N/C=C/C(=O)c3ccc(OC)c(OC)c3)c2)c(OC)c1. The van der Waals surface area contributed by atoms with E-state index in [1.54, 1.807) is 36.4 Å². The van der Waals surface area contributed by atoms with Gasteiger partial charge in [-0.3, -0.25) is 4.79 Å². The van der Waals surface area contributed by atoms with E-state index < -0.39 is 9.84 Å². The molecule has 0 saturated carbocycles. The number of carbonyl (C=O) groups excluding carboxylic acids is 1. The van der Waals surface area contributed by atoms with Gasteiger partial charge in [0.2, 0.25) is 5.88 Å². The Kier molecular flexibility index (Phi) is 10.6. The minimum Gasteiger partial charge on any atom is -0.496 e. The number of aromatic nitrogens is 1. The Labute approximate surface area is 239 Å². The molecule has 0 unspecified atom stereocenters. The lowest BCUT2D eigenvalue weighted by Gasteiger charge is -2.12. The van der Waals surface area contributed by atoms with E-state index in [1.165, 1.54) is 67.2 Å². The summed E-state index contributed by atoms with van der Waals surface area (Å²) in [5, 5.41) is 4.02. The van der Waals surface area contributed by atoms with Gasteiger partial charge >= 0.3 is 0 Å². The van der Waals surface area contributed by atoms with Gasteiger partial charge in [0.15, 0.2) is 27.1 Å². The van der Waals surface area contributed by atoms with Gasteiger partial charge in [0, 0.05) is 41.6 Å². The van der Waals surface area contributed by atoms with Crippen LogP contribution in [-0.4, -0.2) is 61.8 Å². The fourth-order valence-corrected chi connectivity index (χ4v) is 4.84. The van der Waals surface area contributed by atoms with Crippen LogP contribution < -0.4 is 33.7 Å². The molecule has 0 amide bonds. The summed E-state index contributed by atoms with van der Waals surface area (Å²) in [6.45, 7) is 0. The second kappa shape index (κ2) is 14.1. The Hall–Kier alpha value is -4.71. The zero-order valence-corrected chi connectivity index (χ0v) is 24.4. The molecule has 11 nitrogen and oxygen atoms in total. The highest BCUT2D eigenvalue weighted by Gasteiger charge is 2.15. The lowest BCUT2D eigenvalue weighted by atomic mass is 10.1. The summed E-state index contributed by atoms with van der Waals surface area (Å²) in [5.74, 6) is 1.80. The fraction of sp³-hybridized carbons (Fsp3) is 0.241. The molecule has 0 aliphatic carbocycles. The molecule has 3 rings (SSSR count). The minimum atomic E-state index is -3.74. The Morgan fingerprint density at radius 3 is 2.07 bits per heavy atom. The maximum Gasteiger partial charge on any atom is 0.237 e. The van der Waals surface area contributed by atoms with Crippen molar-refractivity contribution in [2.75, 3.05) is 48.0 Å². The van der Waals surface area contributed by atoms with Crippen molar-refractivity contribution in [3.8, 4) is 34.6 Å². The summed E-state index contributed by atoms with van der Waals surface area (Å²) in [4.78, 5) is 16.8. The van der Waals surface area contributed by atoms with Gasteiger partial charge in [-0.1, -0.05) is 0 Å². The Morgan fingerprint density at radius 2 is 1.49 bits per heavy atom. The summed E-state index contributed by atoms with van der Waals surface area (Å²) in [6.07, 6.45) is 5.55. The molecule has 1 heterocycles. The van der Waals surface area contributed by atoms with Gasteiger partial charge in [0.1, 0.15) is 22.9 Å². The van der Waals surface area contributed by atoms with Crippen molar-refractivity contribution in [2.45, 2.75) is 5.75 Å². The second-order valence-electron chi connectivity index (χ2n) is 8.37. The number of rotatable bonds is 14. The molecule has 12 heteroatoms. The van der Waals surface area contributed by atoms with Crippen LogP contribution in [0.15, 0.2) is 60.3 Å². The van der Waals surface area contributed by atoms with Gasteiger partial charge in [0.05, 0.1) is 54.0 Å². The van der Waals surface area contributed by atoms with Gasteiger partial charge < -0.3 is 33.7 Å². The van der Waals surface area contributed by atoms with E-state index in [0.29, 0.717) is 51.1 Å². The smallest absolute Gasteiger partial charge is 0.237 e. The number of allylic oxidation sites excluding steroid dienone is 1. The van der Waals surface area contributed by atoms with E-state index in [-0.39, 0.29) is 17.4 Å². The fourth-order valence-electron chi connectivity index (χ4n) is 3.78. The van der Waals surface area contributed by atoms with Gasteiger partial charge in [0.25, 0.3) is 0 Å². The number of pyridine rings is 1. The number of nitrogens with one attached hydrogen (secondary N) is 1. The monoisotopic (exact) mass is 584 g/mol. The van der Waals surface area contributed by atoms with Crippen LogP contribution in [0.5, 0.6) is 34.6 Å². The van der Waals surface area contributed by atoms with E-state index in [9.17, 15) is 13.2 Å². The number of nitrogens with zero attached hydrogens (tertiary/aromatic N) is 1. The highest BCUT2D eigenvalue weighted by molar-refractivity contribution is 7.93. The molecule has 218 valence electrons. The molecule has 3 aromatic rings. The van der Waals surface area contributed by atoms with Crippen LogP contribution in [0.3, 0.4) is 0 Å². The summed E-state index contributed by atoms with van der Waals surface area (Å²) >= 11 is 0. The minimum absolute atomic E-state index is 0.220. The number of hydrogen-bond acceptors (Lipinski definition) is 11. The molecular formula is C29H32N2O9S. The predicted octanol–water partition coefficient (Wildman–Crippen LogP) is 4.53. The number of methoxy groups -OCH3 is 6. The maximum atomic E-state index is 13.0. The largest absolute Gasteiger partial charge is 0.496 e. The molecule has 41 heavy (non-hydrogen) atoms. The van der Waals surface area contributed by atoms with Crippen molar-refractivity contribution in [3.63, 3.8) is 0 Å². The molecule has 1 N–H and O–H groups in total. The van der Waals surface area contributed by atoms with Crippen LogP contribution in [0.1, 0.15) is 21.5 Å². The molecule has 0 atom stereocenters. The third-order valence-electron chi connectivity index (χ3n) is 5.81. The molecule has 1 aromatic heterocycles. The third-order valence-corrected chi connectivity index (χ3v) is 7.09. The summed E-state index contributed by atoms with van der Waals surface area (Å²) < 4.78 is 57.7. The zero-order chi connectivity index (χ0) is 30.0. The first-order valence-electron chi connectivity index (χ1n) is 12.1. The molecule has 2 aromatic carbocycles. The standard InChI is InChI=1S/C29H32N2O9S/c1-35-21-15-26(37-3)22(27(16-21)38-4)10-12-41(33,34)18-19-13-23(29(40-6)31-17-19)30-11-9-24(32)20-7-8-25(36-2)28(14-20)39-5/h7-17,30H,18H2,1-6H3/b11-9+,12-10+. The average Bonchev–Trinajstić information content (AvgIpc) is 2.98. The van der Waals surface area contributed by atoms with Crippen molar-refractivity contribution >= 4 is 27.4 Å². The first-order chi connectivity index (χ1) is 19.7. The highest BCUT2D eigenvalue weighted by atomic mass is 32.2. The van der Waals surface area contributed by atoms with Crippen molar-refractivity contribution in [3.05, 3.63) is 77.0 Å². The number of sulfone groups is 1. The van der Waals surface area contributed by atoms with Gasteiger partial charge in [-0.2, -0.15) is 0 Å². The normalized spacial score (nSPS) is 11.4. The average molecular weight is 585 g/mol. The molecule has 0 radical (unpaired) electrons. The Morgan fingerprint density at radius 1 is 0.829 bits per heavy atom. The molecule has 0 spiro atoms. The van der Waals surface area contributed by atoms with E-state index >= 15 is 0 Å². The van der Waals surface area contributed by atoms with Crippen molar-refractivity contribution in [1.82, 2.24) is 4.98 Å². The number of carbonyl (C=O) groups is 1. The Bertz CT molecular complexity index is 1520. The van der Waals surface area contributed by atoms with E-state index in [1.807, 2.05) is 0 Å². The summed E-state index contributed by atoms with van der Waals surface area (Å²) in [5.41, 5.74) is 1.60. The zero-order valence-electron chi connectivity index (χ0n) is 23.6. The van der Waals surface area contributed by atoms with E-state index in [2.05, 4.69) is 10.3 Å². The molecule has 0 saturated heterocycles. The quantitative estimate of drug-likeness (QED) is 0.212.